The molecule has 7 aromatic carbocycles. The number of nitriles is 1. The van der Waals surface area contributed by atoms with Gasteiger partial charge in [0.05, 0.1) is 29.2 Å². The van der Waals surface area contributed by atoms with Crippen molar-refractivity contribution in [3.8, 4) is 22.9 Å². The Morgan fingerprint density at radius 3 is 2.19 bits per heavy atom. The molecule has 6 nitrogen and oxygen atoms in total. The average molecular weight is 672 g/mol. The number of hydrogen-bond donors (Lipinski definition) is 1. The third-order valence-electron chi connectivity index (χ3n) is 10.3. The van der Waals surface area contributed by atoms with E-state index in [-0.39, 0.29) is 6.17 Å². The zero-order valence-electron chi connectivity index (χ0n) is 28.3. The molecule has 1 N–H and O–H groups in total. The molecule has 9 aromatic rings. The van der Waals surface area contributed by atoms with Gasteiger partial charge in [0.1, 0.15) is 17.3 Å². The molecule has 1 unspecified atom stereocenters. The molecule has 3 heterocycles. The van der Waals surface area contributed by atoms with Crippen LogP contribution in [0.1, 0.15) is 28.4 Å². The molecule has 6 heteroatoms. The number of hydrazine groups is 2. The van der Waals surface area contributed by atoms with Crippen LogP contribution in [0.3, 0.4) is 0 Å². The van der Waals surface area contributed by atoms with Crippen molar-refractivity contribution in [3.05, 3.63) is 186 Å². The summed E-state index contributed by atoms with van der Waals surface area (Å²) in [6.07, 6.45) is -0.0337. The molecule has 2 aromatic heterocycles. The number of hydrogen-bond acceptors (Lipinski definition) is 5. The summed E-state index contributed by atoms with van der Waals surface area (Å²) < 4.78 is 8.78. The largest absolute Gasteiger partial charge is 0.455 e. The van der Waals surface area contributed by atoms with E-state index in [1.54, 1.807) is 0 Å². The molecule has 0 amide bonds. The van der Waals surface area contributed by atoms with Gasteiger partial charge in [-0.25, -0.2) is 10.4 Å². The molecular formula is C46H33N5O. The van der Waals surface area contributed by atoms with Gasteiger partial charge in [0.2, 0.25) is 0 Å². The Balaban J connectivity index is 0.998. The van der Waals surface area contributed by atoms with Crippen LogP contribution in [0.2, 0.25) is 0 Å². The molecule has 0 aliphatic carbocycles. The molecular weight excluding hydrogens is 639 g/mol. The molecule has 0 spiro atoms. The van der Waals surface area contributed by atoms with Crippen molar-refractivity contribution in [2.45, 2.75) is 19.3 Å². The van der Waals surface area contributed by atoms with Crippen LogP contribution in [-0.4, -0.2) is 14.7 Å². The standard InChI is InChI=1S/C46H33N5O/c47-28-33-12-8-13-35(26-33)46-48-50(30-31-10-2-1-3-11-31)49(46)29-32-20-23-36(24-21-32)51-42-18-6-4-14-38(42)41-27-34(22-25-43(41)51)37-16-9-17-40-39-15-5-7-19-44(39)52-45(37)40/h1-27,46,48H,29-30H2. The number of nitrogens with zero attached hydrogens (tertiary/aromatic N) is 4. The molecule has 1 aliphatic rings. The summed E-state index contributed by atoms with van der Waals surface area (Å²) in [5.74, 6) is 0. The van der Waals surface area contributed by atoms with Gasteiger partial charge in [-0.05, 0) is 70.8 Å². The van der Waals surface area contributed by atoms with Crippen LogP contribution in [0.4, 0.5) is 0 Å². The SMILES string of the molecule is N#Cc1cccc(C2NN(Cc3ccccc3)N2Cc2ccc(-n3c4ccccc4c4cc(-c5cccc6c5oc5ccccc56)ccc43)cc2)c1. The minimum absolute atomic E-state index is 0.0337. The second-order valence-corrected chi connectivity index (χ2v) is 13.4. The highest BCUT2D eigenvalue weighted by molar-refractivity contribution is 6.13. The number of para-hydroxylation sites is 3. The first kappa shape index (κ1) is 30.3. The molecule has 1 aliphatic heterocycles. The lowest BCUT2D eigenvalue weighted by atomic mass is 10.0. The lowest BCUT2D eigenvalue weighted by Crippen LogP contribution is -2.66. The Hall–Kier alpha value is -6.49. The second-order valence-electron chi connectivity index (χ2n) is 13.4. The molecule has 1 saturated heterocycles. The van der Waals surface area contributed by atoms with E-state index < -0.39 is 0 Å². The zero-order chi connectivity index (χ0) is 34.6. The summed E-state index contributed by atoms with van der Waals surface area (Å²) in [4.78, 5) is 0. The van der Waals surface area contributed by atoms with E-state index in [0.29, 0.717) is 12.1 Å². The molecule has 1 fully saturated rings. The van der Waals surface area contributed by atoms with Gasteiger partial charge >= 0.3 is 0 Å². The van der Waals surface area contributed by atoms with E-state index in [9.17, 15) is 5.26 Å². The van der Waals surface area contributed by atoms with Crippen LogP contribution in [0, 0.1) is 11.3 Å². The Labute approximate surface area is 300 Å². The van der Waals surface area contributed by atoms with E-state index >= 15 is 0 Å². The van der Waals surface area contributed by atoms with Crippen LogP contribution >= 0.6 is 0 Å². The maximum Gasteiger partial charge on any atom is 0.143 e. The van der Waals surface area contributed by atoms with Gasteiger partial charge in [0.15, 0.2) is 0 Å². The van der Waals surface area contributed by atoms with Crippen LogP contribution in [0.25, 0.3) is 60.6 Å². The first-order valence-electron chi connectivity index (χ1n) is 17.6. The van der Waals surface area contributed by atoms with E-state index in [1.165, 1.54) is 27.4 Å². The highest BCUT2D eigenvalue weighted by Crippen LogP contribution is 2.39. The van der Waals surface area contributed by atoms with E-state index in [2.05, 4.69) is 154 Å². The van der Waals surface area contributed by atoms with E-state index in [0.717, 1.165) is 56.4 Å². The lowest BCUT2D eigenvalue weighted by molar-refractivity contribution is -0.247. The maximum absolute atomic E-state index is 9.55. The first-order chi connectivity index (χ1) is 25.7. The third-order valence-corrected chi connectivity index (χ3v) is 10.3. The molecule has 10 rings (SSSR count). The summed E-state index contributed by atoms with van der Waals surface area (Å²) >= 11 is 0. The van der Waals surface area contributed by atoms with Gasteiger partial charge in [-0.1, -0.05) is 115 Å². The number of nitrogens with one attached hydrogen (secondary N) is 1. The average Bonchev–Trinajstić information content (AvgIpc) is 3.75. The second kappa shape index (κ2) is 12.4. The summed E-state index contributed by atoms with van der Waals surface area (Å²) in [7, 11) is 0. The number of benzene rings is 7. The highest BCUT2D eigenvalue weighted by Gasteiger charge is 2.37. The van der Waals surface area contributed by atoms with Crippen molar-refractivity contribution >= 4 is 43.7 Å². The van der Waals surface area contributed by atoms with Crippen LogP contribution in [0.5, 0.6) is 0 Å². The van der Waals surface area contributed by atoms with Crippen LogP contribution in [0.15, 0.2) is 168 Å². The predicted octanol–water partition coefficient (Wildman–Crippen LogP) is 10.7. The molecule has 0 radical (unpaired) electrons. The minimum atomic E-state index is -0.0337. The van der Waals surface area contributed by atoms with Gasteiger partial charge in [0.25, 0.3) is 0 Å². The fraction of sp³-hybridized carbons (Fsp3) is 0.0652. The van der Waals surface area contributed by atoms with Crippen molar-refractivity contribution < 1.29 is 4.42 Å². The fourth-order valence-electron chi connectivity index (χ4n) is 7.79. The Morgan fingerprint density at radius 2 is 1.33 bits per heavy atom. The zero-order valence-corrected chi connectivity index (χ0v) is 28.3. The highest BCUT2D eigenvalue weighted by atomic mass is 16.3. The predicted molar refractivity (Wildman–Crippen MR) is 208 cm³/mol. The Bertz CT molecular complexity index is 2810. The number of aromatic nitrogens is 1. The first-order valence-corrected chi connectivity index (χ1v) is 17.6. The third kappa shape index (κ3) is 5.07. The minimum Gasteiger partial charge on any atom is -0.455 e. The maximum atomic E-state index is 9.55. The lowest BCUT2D eigenvalue weighted by Gasteiger charge is -2.52. The van der Waals surface area contributed by atoms with Crippen molar-refractivity contribution in [1.29, 1.82) is 5.26 Å². The van der Waals surface area contributed by atoms with Gasteiger partial charge in [-0.3, -0.25) is 0 Å². The monoisotopic (exact) mass is 671 g/mol. The molecule has 52 heavy (non-hydrogen) atoms. The number of fused-ring (bicyclic) bond motifs is 6. The quantitative estimate of drug-likeness (QED) is 0.183. The van der Waals surface area contributed by atoms with Gasteiger partial charge in [-0.15, -0.1) is 0 Å². The summed E-state index contributed by atoms with van der Waals surface area (Å²) in [5, 5.41) is 18.7. The van der Waals surface area contributed by atoms with Gasteiger partial charge < -0.3 is 8.98 Å². The summed E-state index contributed by atoms with van der Waals surface area (Å²) in [6, 6.07) is 59.6. The van der Waals surface area contributed by atoms with Gasteiger partial charge in [-0.2, -0.15) is 10.4 Å². The normalized spacial score (nSPS) is 15.0. The Kier molecular flexibility index (Phi) is 7.22. The van der Waals surface area contributed by atoms with Crippen molar-refractivity contribution in [2.24, 2.45) is 0 Å². The van der Waals surface area contributed by atoms with Crippen molar-refractivity contribution in [3.63, 3.8) is 0 Å². The molecule has 1 atom stereocenters. The van der Waals surface area contributed by atoms with Crippen LogP contribution < -0.4 is 5.43 Å². The Morgan fingerprint density at radius 1 is 0.596 bits per heavy atom. The smallest absolute Gasteiger partial charge is 0.143 e. The summed E-state index contributed by atoms with van der Waals surface area (Å²) in [6.45, 7) is 1.45. The topological polar surface area (TPSA) is 60.4 Å². The summed E-state index contributed by atoms with van der Waals surface area (Å²) in [5.41, 5.74) is 15.3. The fourth-order valence-corrected chi connectivity index (χ4v) is 7.79. The van der Waals surface area contributed by atoms with Crippen molar-refractivity contribution in [1.82, 2.24) is 20.1 Å². The number of rotatable bonds is 7. The number of furan rings is 1. The van der Waals surface area contributed by atoms with Crippen molar-refractivity contribution in [2.75, 3.05) is 0 Å². The van der Waals surface area contributed by atoms with E-state index in [4.69, 9.17) is 4.42 Å². The van der Waals surface area contributed by atoms with E-state index in [1.807, 2.05) is 36.4 Å². The molecule has 248 valence electrons. The van der Waals surface area contributed by atoms with Crippen LogP contribution in [-0.2, 0) is 13.1 Å². The van der Waals surface area contributed by atoms with Gasteiger partial charge in [0, 0.05) is 39.3 Å². The molecule has 0 saturated carbocycles. The molecule has 0 bridgehead atoms.